The summed E-state index contributed by atoms with van der Waals surface area (Å²) in [4.78, 5) is 25.2. The Balaban J connectivity index is 1.59. The maximum Gasteiger partial charge on any atom is 0.336 e. The van der Waals surface area contributed by atoms with Gasteiger partial charge in [0.05, 0.1) is 12.2 Å². The molecule has 0 aromatic heterocycles. The van der Waals surface area contributed by atoms with Gasteiger partial charge in [-0.3, -0.25) is 4.79 Å². The van der Waals surface area contributed by atoms with Gasteiger partial charge in [-0.25, -0.2) is 4.79 Å². The van der Waals surface area contributed by atoms with E-state index in [-0.39, 0.29) is 25.1 Å². The fourth-order valence-electron chi connectivity index (χ4n) is 4.26. The number of esters is 1. The number of benzene rings is 1. The van der Waals surface area contributed by atoms with Gasteiger partial charge in [-0.05, 0) is 43.4 Å². The third-order valence-corrected chi connectivity index (χ3v) is 6.42. The molecular formula is C21H24BrNO5. The zero-order valence-corrected chi connectivity index (χ0v) is 17.5. The van der Waals surface area contributed by atoms with Crippen LogP contribution in [-0.4, -0.2) is 25.3 Å². The first-order valence-electron chi connectivity index (χ1n) is 9.79. The predicted molar refractivity (Wildman–Crippen MR) is 106 cm³/mol. The second-order valence-corrected chi connectivity index (χ2v) is 8.53. The van der Waals surface area contributed by atoms with Crippen molar-refractivity contribution in [1.29, 1.82) is 0 Å². The summed E-state index contributed by atoms with van der Waals surface area (Å²) in [6.07, 6.45) is 6.07. The first kappa shape index (κ1) is 19.3. The molecule has 1 aliphatic carbocycles. The monoisotopic (exact) mass is 449 g/mol. The Morgan fingerprint density at radius 1 is 1.21 bits per heavy atom. The zero-order chi connectivity index (χ0) is 19.7. The number of carbonyl (C=O) groups is 2. The topological polar surface area (TPSA) is 73.9 Å². The number of fused-ring (bicyclic) bond motifs is 1. The van der Waals surface area contributed by atoms with Crippen LogP contribution in [0.4, 0.5) is 0 Å². The van der Waals surface area contributed by atoms with E-state index in [0.717, 1.165) is 22.9 Å². The van der Waals surface area contributed by atoms with Gasteiger partial charge in [0.2, 0.25) is 12.7 Å². The number of halogens is 1. The molecule has 3 aliphatic rings. The molecule has 1 aromatic carbocycles. The van der Waals surface area contributed by atoms with Crippen molar-refractivity contribution in [2.75, 3.05) is 13.4 Å². The number of rotatable bonds is 4. The van der Waals surface area contributed by atoms with Crippen LogP contribution in [0.3, 0.4) is 0 Å². The van der Waals surface area contributed by atoms with E-state index in [1.165, 1.54) is 19.3 Å². The maximum atomic E-state index is 13.0. The number of amides is 1. The van der Waals surface area contributed by atoms with Crippen LogP contribution >= 0.6 is 15.9 Å². The first-order valence-corrected chi connectivity index (χ1v) is 10.6. The van der Waals surface area contributed by atoms with Gasteiger partial charge in [-0.15, -0.1) is 0 Å². The van der Waals surface area contributed by atoms with E-state index in [9.17, 15) is 9.59 Å². The van der Waals surface area contributed by atoms with Crippen molar-refractivity contribution in [3.8, 4) is 11.5 Å². The summed E-state index contributed by atoms with van der Waals surface area (Å²) in [6.45, 7) is 2.36. The van der Waals surface area contributed by atoms with Gasteiger partial charge in [0.1, 0.15) is 0 Å². The molecule has 1 N–H and O–H groups in total. The molecule has 0 spiro atoms. The minimum Gasteiger partial charge on any atom is -0.462 e. The highest BCUT2D eigenvalue weighted by Crippen LogP contribution is 2.44. The molecule has 1 amide bonds. The van der Waals surface area contributed by atoms with Gasteiger partial charge >= 0.3 is 5.97 Å². The number of hydrogen-bond donors (Lipinski definition) is 1. The predicted octanol–water partition coefficient (Wildman–Crippen LogP) is 4.18. The average Bonchev–Trinajstić information content (AvgIpc) is 3.13. The first-order chi connectivity index (χ1) is 13.5. The number of allylic oxidation sites excluding steroid dienone is 1. The molecule has 1 saturated carbocycles. The average molecular weight is 450 g/mol. The summed E-state index contributed by atoms with van der Waals surface area (Å²) in [7, 11) is 0. The van der Waals surface area contributed by atoms with Crippen molar-refractivity contribution < 1.29 is 23.8 Å². The summed E-state index contributed by atoms with van der Waals surface area (Å²) < 4.78 is 17.4. The number of carbonyl (C=O) groups excluding carboxylic acids is 2. The van der Waals surface area contributed by atoms with Gasteiger partial charge in [0, 0.05) is 22.5 Å². The van der Waals surface area contributed by atoms with Crippen molar-refractivity contribution in [1.82, 2.24) is 5.32 Å². The Kier molecular flexibility index (Phi) is 5.62. The highest BCUT2D eigenvalue weighted by Gasteiger charge is 2.35. The lowest BCUT2D eigenvalue weighted by atomic mass is 9.84. The van der Waals surface area contributed by atoms with Gasteiger partial charge in [0.25, 0.3) is 0 Å². The molecule has 4 rings (SSSR count). The van der Waals surface area contributed by atoms with Crippen LogP contribution < -0.4 is 14.8 Å². The molecule has 0 bridgehead atoms. The molecule has 150 valence electrons. The highest BCUT2D eigenvalue weighted by molar-refractivity contribution is 9.10. The van der Waals surface area contributed by atoms with E-state index >= 15 is 0 Å². The second-order valence-electron chi connectivity index (χ2n) is 7.67. The largest absolute Gasteiger partial charge is 0.462 e. The molecule has 1 atom stereocenters. The van der Waals surface area contributed by atoms with Crippen LogP contribution in [-0.2, 0) is 14.3 Å². The number of ether oxygens (including phenoxy) is 3. The van der Waals surface area contributed by atoms with Crippen LogP contribution in [0.2, 0.25) is 0 Å². The summed E-state index contributed by atoms with van der Waals surface area (Å²) in [5.41, 5.74) is 1.89. The Labute approximate surface area is 172 Å². The lowest BCUT2D eigenvalue weighted by molar-refractivity contribution is -0.141. The van der Waals surface area contributed by atoms with Crippen molar-refractivity contribution in [3.63, 3.8) is 0 Å². The summed E-state index contributed by atoms with van der Waals surface area (Å²) in [6, 6.07) is 3.67. The lowest BCUT2D eigenvalue weighted by Gasteiger charge is -2.28. The van der Waals surface area contributed by atoms with E-state index in [1.54, 1.807) is 6.92 Å². The van der Waals surface area contributed by atoms with Crippen LogP contribution in [0.15, 0.2) is 27.9 Å². The van der Waals surface area contributed by atoms with Gasteiger partial charge in [-0.2, -0.15) is 0 Å². The molecule has 2 heterocycles. The third-order valence-electron chi connectivity index (χ3n) is 5.73. The second kappa shape index (κ2) is 8.15. The van der Waals surface area contributed by atoms with E-state index in [4.69, 9.17) is 14.2 Å². The van der Waals surface area contributed by atoms with Crippen LogP contribution in [0.1, 0.15) is 56.9 Å². The highest BCUT2D eigenvalue weighted by atomic mass is 79.9. The summed E-state index contributed by atoms with van der Waals surface area (Å²) in [5, 5.41) is 2.79. The zero-order valence-electron chi connectivity index (χ0n) is 15.9. The van der Waals surface area contributed by atoms with Crippen LogP contribution in [0.5, 0.6) is 11.5 Å². The van der Waals surface area contributed by atoms with Gasteiger partial charge in [-0.1, -0.05) is 35.2 Å². The summed E-state index contributed by atoms with van der Waals surface area (Å²) >= 11 is 3.56. The quantitative estimate of drug-likeness (QED) is 0.697. The lowest BCUT2D eigenvalue weighted by Crippen LogP contribution is -2.34. The maximum absolute atomic E-state index is 13.0. The van der Waals surface area contributed by atoms with Gasteiger partial charge < -0.3 is 19.5 Å². The third kappa shape index (κ3) is 3.90. The molecule has 2 aliphatic heterocycles. The Hall–Kier alpha value is -2.02. The van der Waals surface area contributed by atoms with E-state index in [1.807, 2.05) is 12.1 Å². The normalized spacial score (nSPS) is 22.2. The van der Waals surface area contributed by atoms with Crippen molar-refractivity contribution in [2.45, 2.75) is 51.4 Å². The Bertz CT molecular complexity index is 828. The van der Waals surface area contributed by atoms with Gasteiger partial charge in [0.15, 0.2) is 11.5 Å². The minimum atomic E-state index is -0.392. The fraction of sp³-hybridized carbons (Fsp3) is 0.524. The molecular weight excluding hydrogens is 426 g/mol. The molecule has 28 heavy (non-hydrogen) atoms. The van der Waals surface area contributed by atoms with Crippen molar-refractivity contribution >= 4 is 27.8 Å². The smallest absolute Gasteiger partial charge is 0.336 e. The van der Waals surface area contributed by atoms with Crippen molar-refractivity contribution in [2.24, 2.45) is 5.92 Å². The Morgan fingerprint density at radius 3 is 2.68 bits per heavy atom. The molecule has 6 nitrogen and oxygen atoms in total. The standard InChI is InChI=1S/C21H24BrNO5/c1-12-20(21(25)26-10-13-5-3-2-4-6-13)15(8-19(24)23-12)14-7-17-18(9-16(14)22)28-11-27-17/h7,9,13,15H,2-6,8,10-11H2,1H3,(H,23,24)/t15-/m1/s1. The molecule has 7 heteroatoms. The number of hydrogen-bond acceptors (Lipinski definition) is 5. The Morgan fingerprint density at radius 2 is 1.93 bits per heavy atom. The molecule has 1 aromatic rings. The summed E-state index contributed by atoms with van der Waals surface area (Å²) in [5.74, 6) is 0.854. The van der Waals surface area contributed by atoms with E-state index < -0.39 is 5.92 Å². The molecule has 0 radical (unpaired) electrons. The minimum absolute atomic E-state index is 0.115. The molecule has 1 fully saturated rings. The molecule has 0 saturated heterocycles. The van der Waals surface area contributed by atoms with Crippen LogP contribution in [0.25, 0.3) is 0 Å². The number of nitrogens with one attached hydrogen (secondary N) is 1. The molecule has 0 unspecified atom stereocenters. The SMILES string of the molecule is CC1=C(C(=O)OCC2CCCCC2)[C@@H](c2cc3c(cc2Br)OCO3)CC(=O)N1. The van der Waals surface area contributed by atoms with E-state index in [0.29, 0.717) is 35.3 Å². The van der Waals surface area contributed by atoms with Crippen molar-refractivity contribution in [3.05, 3.63) is 33.4 Å². The van der Waals surface area contributed by atoms with E-state index in [2.05, 4.69) is 21.2 Å². The fourth-order valence-corrected chi connectivity index (χ4v) is 4.86. The van der Waals surface area contributed by atoms with Crippen LogP contribution in [0, 0.1) is 5.92 Å².